The van der Waals surface area contributed by atoms with Crippen LogP contribution in [0.15, 0.2) is 65.5 Å². The van der Waals surface area contributed by atoms with Crippen molar-refractivity contribution in [1.82, 2.24) is 15.5 Å². The normalized spacial score (nSPS) is 10.4. The van der Waals surface area contributed by atoms with Crippen molar-refractivity contribution in [1.29, 1.82) is 0 Å². The third-order valence-electron chi connectivity index (χ3n) is 4.39. The fourth-order valence-electron chi connectivity index (χ4n) is 2.98. The number of esters is 1. The maximum absolute atomic E-state index is 12.9. The number of benzene rings is 2. The van der Waals surface area contributed by atoms with Gasteiger partial charge >= 0.3 is 5.97 Å². The van der Waals surface area contributed by atoms with Crippen molar-refractivity contribution in [3.8, 4) is 22.4 Å². The molecule has 29 heavy (non-hydrogen) atoms. The predicted molar refractivity (Wildman–Crippen MR) is 109 cm³/mol. The number of amides is 1. The minimum atomic E-state index is -0.575. The van der Waals surface area contributed by atoms with Crippen LogP contribution >= 0.6 is 0 Å². The van der Waals surface area contributed by atoms with E-state index in [0.717, 1.165) is 5.56 Å². The molecule has 0 radical (unpaired) electrons. The van der Waals surface area contributed by atoms with Gasteiger partial charge in [0, 0.05) is 24.1 Å². The van der Waals surface area contributed by atoms with E-state index in [9.17, 15) is 14.4 Å². The lowest BCUT2D eigenvalue weighted by Crippen LogP contribution is -2.32. The zero-order valence-corrected chi connectivity index (χ0v) is 16.0. The highest BCUT2D eigenvalue weighted by atomic mass is 16.5. The van der Waals surface area contributed by atoms with Crippen LogP contribution < -0.4 is 10.9 Å². The van der Waals surface area contributed by atoms with Gasteiger partial charge in [0.25, 0.3) is 11.5 Å². The summed E-state index contributed by atoms with van der Waals surface area (Å²) in [5.74, 6) is -0.869. The van der Waals surface area contributed by atoms with E-state index in [-0.39, 0.29) is 24.5 Å². The third kappa shape index (κ3) is 4.76. The SMILES string of the molecule is COC(=O)CCCNC(=O)c1c(-c2ccccc2)c(-c2ccccc2)n[nH]c1=O. The zero-order chi connectivity index (χ0) is 20.6. The Morgan fingerprint density at radius 1 is 1.00 bits per heavy atom. The molecule has 0 bridgehead atoms. The maximum atomic E-state index is 12.9. The number of nitrogens with one attached hydrogen (secondary N) is 2. The number of H-pyrrole nitrogens is 1. The molecule has 2 N–H and O–H groups in total. The molecule has 148 valence electrons. The van der Waals surface area contributed by atoms with Gasteiger partial charge in [-0.25, -0.2) is 5.10 Å². The summed E-state index contributed by atoms with van der Waals surface area (Å²) in [5, 5.41) is 9.37. The molecule has 3 rings (SSSR count). The van der Waals surface area contributed by atoms with Crippen molar-refractivity contribution in [2.24, 2.45) is 0 Å². The molecule has 3 aromatic rings. The van der Waals surface area contributed by atoms with Gasteiger partial charge in [0.05, 0.1) is 12.8 Å². The first-order chi connectivity index (χ1) is 14.1. The van der Waals surface area contributed by atoms with E-state index in [2.05, 4.69) is 20.3 Å². The fraction of sp³-hybridized carbons (Fsp3) is 0.182. The van der Waals surface area contributed by atoms with Crippen molar-refractivity contribution in [2.75, 3.05) is 13.7 Å². The molecule has 1 aromatic heterocycles. The second-order valence-electron chi connectivity index (χ2n) is 6.32. The Labute approximate surface area is 167 Å². The molecule has 0 saturated heterocycles. The number of aromatic nitrogens is 2. The van der Waals surface area contributed by atoms with Crippen LogP contribution in [-0.4, -0.2) is 35.7 Å². The highest BCUT2D eigenvalue weighted by Crippen LogP contribution is 2.31. The summed E-state index contributed by atoms with van der Waals surface area (Å²) in [6.07, 6.45) is 0.595. The molecule has 1 heterocycles. The number of ether oxygens (including phenoxy) is 1. The first-order valence-electron chi connectivity index (χ1n) is 9.20. The van der Waals surface area contributed by atoms with Crippen molar-refractivity contribution in [3.63, 3.8) is 0 Å². The van der Waals surface area contributed by atoms with Crippen molar-refractivity contribution >= 4 is 11.9 Å². The second-order valence-corrected chi connectivity index (χ2v) is 6.32. The van der Waals surface area contributed by atoms with Crippen LogP contribution in [-0.2, 0) is 9.53 Å². The van der Waals surface area contributed by atoms with E-state index in [1.807, 2.05) is 60.7 Å². The molecule has 0 atom stereocenters. The van der Waals surface area contributed by atoms with Crippen LogP contribution in [0.4, 0.5) is 0 Å². The Hall–Kier alpha value is -3.74. The van der Waals surface area contributed by atoms with Crippen LogP contribution in [0.25, 0.3) is 22.4 Å². The molecule has 7 heteroatoms. The molecule has 0 fully saturated rings. The number of methoxy groups -OCH3 is 1. The lowest BCUT2D eigenvalue weighted by atomic mass is 9.95. The Morgan fingerprint density at radius 2 is 1.62 bits per heavy atom. The predicted octanol–water partition coefficient (Wildman–Crippen LogP) is 2.79. The summed E-state index contributed by atoms with van der Waals surface area (Å²) < 4.78 is 4.59. The van der Waals surface area contributed by atoms with E-state index in [1.165, 1.54) is 7.11 Å². The highest BCUT2D eigenvalue weighted by Gasteiger charge is 2.22. The zero-order valence-electron chi connectivity index (χ0n) is 16.0. The quantitative estimate of drug-likeness (QED) is 0.476. The van der Waals surface area contributed by atoms with Gasteiger partial charge in [-0.05, 0) is 12.0 Å². The monoisotopic (exact) mass is 391 g/mol. The first-order valence-corrected chi connectivity index (χ1v) is 9.20. The Bertz CT molecular complexity index is 1050. The summed E-state index contributed by atoms with van der Waals surface area (Å²) in [6, 6.07) is 18.5. The van der Waals surface area contributed by atoms with Crippen molar-refractivity contribution in [3.05, 3.63) is 76.6 Å². The first kappa shape index (κ1) is 20.0. The van der Waals surface area contributed by atoms with Gasteiger partial charge in [-0.2, -0.15) is 5.10 Å². The van der Waals surface area contributed by atoms with E-state index in [0.29, 0.717) is 23.2 Å². The molecule has 2 aromatic carbocycles. The second kappa shape index (κ2) is 9.45. The lowest BCUT2D eigenvalue weighted by Gasteiger charge is -2.14. The number of hydrogen-bond donors (Lipinski definition) is 2. The average molecular weight is 391 g/mol. The van der Waals surface area contributed by atoms with E-state index >= 15 is 0 Å². The van der Waals surface area contributed by atoms with Gasteiger partial charge in [-0.15, -0.1) is 0 Å². The summed E-state index contributed by atoms with van der Waals surface area (Å²) in [4.78, 5) is 36.7. The van der Waals surface area contributed by atoms with Crippen LogP contribution in [0.3, 0.4) is 0 Å². The summed E-state index contributed by atoms with van der Waals surface area (Å²) in [5.41, 5.74) is 1.88. The summed E-state index contributed by atoms with van der Waals surface area (Å²) in [7, 11) is 1.31. The Kier molecular flexibility index (Phi) is 6.52. The minimum Gasteiger partial charge on any atom is -0.469 e. The Balaban J connectivity index is 2.01. The molecule has 0 spiro atoms. The number of aromatic amines is 1. The van der Waals surface area contributed by atoms with Crippen molar-refractivity contribution in [2.45, 2.75) is 12.8 Å². The van der Waals surface area contributed by atoms with Gasteiger partial charge in [-0.1, -0.05) is 60.7 Å². The van der Waals surface area contributed by atoms with Gasteiger partial charge in [-0.3, -0.25) is 14.4 Å². The van der Waals surface area contributed by atoms with Gasteiger partial charge in [0.1, 0.15) is 5.56 Å². The molecule has 0 aliphatic rings. The molecule has 7 nitrogen and oxygen atoms in total. The fourth-order valence-corrected chi connectivity index (χ4v) is 2.98. The van der Waals surface area contributed by atoms with E-state index in [4.69, 9.17) is 0 Å². The van der Waals surface area contributed by atoms with Crippen LogP contribution in [0, 0.1) is 0 Å². The van der Waals surface area contributed by atoms with Gasteiger partial charge in [0.2, 0.25) is 0 Å². The number of hydrogen-bond acceptors (Lipinski definition) is 5. The van der Waals surface area contributed by atoms with Crippen molar-refractivity contribution < 1.29 is 14.3 Å². The molecular formula is C22H21N3O4. The van der Waals surface area contributed by atoms with Crippen LogP contribution in [0.2, 0.25) is 0 Å². The summed E-state index contributed by atoms with van der Waals surface area (Å²) in [6.45, 7) is 0.241. The Morgan fingerprint density at radius 3 is 2.24 bits per heavy atom. The molecule has 1 amide bonds. The molecule has 0 unspecified atom stereocenters. The van der Waals surface area contributed by atoms with E-state index < -0.39 is 11.5 Å². The molecule has 0 saturated carbocycles. The molecule has 0 aliphatic heterocycles. The number of nitrogens with zero attached hydrogens (tertiary/aromatic N) is 1. The van der Waals surface area contributed by atoms with Crippen LogP contribution in [0.1, 0.15) is 23.2 Å². The topological polar surface area (TPSA) is 101 Å². The highest BCUT2D eigenvalue weighted by molar-refractivity contribution is 6.03. The number of carbonyl (C=O) groups excluding carboxylic acids is 2. The molecule has 0 aliphatic carbocycles. The number of rotatable bonds is 7. The van der Waals surface area contributed by atoms with Gasteiger partial charge < -0.3 is 10.1 Å². The average Bonchev–Trinajstić information content (AvgIpc) is 2.77. The molecular weight excluding hydrogens is 370 g/mol. The smallest absolute Gasteiger partial charge is 0.305 e. The standard InChI is InChI=1S/C22H21N3O4/c1-29-17(26)13-8-14-23-21(27)19-18(15-9-4-2-5-10-15)20(24-25-22(19)28)16-11-6-3-7-12-16/h2-7,9-12H,8,13-14H2,1H3,(H,23,27)(H,25,28). The van der Waals surface area contributed by atoms with Gasteiger partial charge in [0.15, 0.2) is 0 Å². The van der Waals surface area contributed by atoms with Crippen LogP contribution in [0.5, 0.6) is 0 Å². The third-order valence-corrected chi connectivity index (χ3v) is 4.39. The minimum absolute atomic E-state index is 0.0110. The maximum Gasteiger partial charge on any atom is 0.305 e. The summed E-state index contributed by atoms with van der Waals surface area (Å²) >= 11 is 0. The number of carbonyl (C=O) groups is 2. The van der Waals surface area contributed by atoms with E-state index in [1.54, 1.807) is 0 Å². The lowest BCUT2D eigenvalue weighted by molar-refractivity contribution is -0.140. The largest absolute Gasteiger partial charge is 0.469 e.